The Morgan fingerprint density at radius 2 is 1.24 bits per heavy atom. The topological polar surface area (TPSA) is 114 Å². The van der Waals surface area contributed by atoms with Crippen LogP contribution in [-0.2, 0) is 16.0 Å². The minimum Gasteiger partial charge on any atom is -0.411 e. The molecule has 132 valence electrons. The lowest BCUT2D eigenvalue weighted by Gasteiger charge is -2.00. The van der Waals surface area contributed by atoms with Crippen LogP contribution in [0.5, 0.6) is 0 Å². The molecule has 2 aromatic carbocycles. The Bertz CT molecular complexity index is 595. The van der Waals surface area contributed by atoms with Gasteiger partial charge in [0.2, 0.25) is 12.2 Å². The maximum atomic E-state index is 8.35. The van der Waals surface area contributed by atoms with Crippen molar-refractivity contribution in [3.8, 4) is 0 Å². The molecule has 3 N–H and O–H groups in total. The number of rotatable bonds is 3. The average Bonchev–Trinajstić information content (AvgIpc) is 2.64. The molecule has 0 amide bonds. The minimum atomic E-state index is 0.750. The molecule has 0 radical (unpaired) electrons. The summed E-state index contributed by atoms with van der Waals surface area (Å²) in [6.07, 6.45) is 3.36. The molecule has 0 aliphatic rings. The number of carbonyl (C=O) groups excluding carboxylic acids is 2. The van der Waals surface area contributed by atoms with Crippen LogP contribution in [-0.4, -0.2) is 23.1 Å². The van der Waals surface area contributed by atoms with E-state index in [4.69, 9.17) is 25.6 Å². The highest BCUT2D eigenvalue weighted by Gasteiger charge is 1.92. The van der Waals surface area contributed by atoms with Gasteiger partial charge < -0.3 is 5.21 Å². The zero-order chi connectivity index (χ0) is 19.3. The van der Waals surface area contributed by atoms with Gasteiger partial charge in [-0.1, -0.05) is 72.7 Å². The first kappa shape index (κ1) is 23.9. The van der Waals surface area contributed by atoms with Crippen molar-refractivity contribution in [2.45, 2.75) is 26.7 Å². The molecule has 6 nitrogen and oxygen atoms in total. The van der Waals surface area contributed by atoms with E-state index in [0.717, 1.165) is 30.7 Å². The molecule has 0 heterocycles. The van der Waals surface area contributed by atoms with E-state index in [2.05, 4.69) is 65.8 Å². The minimum absolute atomic E-state index is 0.750. The molecule has 0 bridgehead atoms. The maximum absolute atomic E-state index is 8.35. The third-order valence-electron chi connectivity index (χ3n) is 2.78. The largest absolute Gasteiger partial charge is 0.411 e. The molecule has 25 heavy (non-hydrogen) atoms. The Kier molecular flexibility index (Phi) is 17.9. The predicted molar refractivity (Wildman–Crippen MR) is 97.7 cm³/mol. The van der Waals surface area contributed by atoms with Gasteiger partial charge >= 0.3 is 0 Å². The standard InChI is InChI=1S/C13H12.C4H9NO.2CHNO/c1-3-7-12(8-4-1)11-13-9-5-2-6-10-13;1-3-4(2)5-6;2*2-1-3/h1-10H,11H2;6H,3H2,1-2H3;2*2H. The normalized spacial score (nSPS) is 8.64. The van der Waals surface area contributed by atoms with Crippen LogP contribution in [0.1, 0.15) is 31.4 Å². The molecule has 0 spiro atoms. The quantitative estimate of drug-likeness (QED) is 0.334. The monoisotopic (exact) mass is 341 g/mol. The van der Waals surface area contributed by atoms with Gasteiger partial charge in [0.15, 0.2) is 0 Å². The third kappa shape index (κ3) is 16.9. The van der Waals surface area contributed by atoms with Crippen LogP contribution in [0.2, 0.25) is 0 Å². The van der Waals surface area contributed by atoms with E-state index in [0.29, 0.717) is 0 Å². The molecule has 6 heteroatoms. The van der Waals surface area contributed by atoms with E-state index in [1.54, 1.807) is 6.92 Å². The number of benzene rings is 2. The van der Waals surface area contributed by atoms with Gasteiger partial charge in [-0.05, 0) is 30.9 Å². The number of isocyanates is 2. The van der Waals surface area contributed by atoms with E-state index >= 15 is 0 Å². The van der Waals surface area contributed by atoms with E-state index in [-0.39, 0.29) is 0 Å². The van der Waals surface area contributed by atoms with Gasteiger partial charge in [0, 0.05) is 0 Å². The summed E-state index contributed by atoms with van der Waals surface area (Å²) in [5, 5.41) is 21.7. The second-order valence-corrected chi connectivity index (χ2v) is 4.54. The summed E-state index contributed by atoms with van der Waals surface area (Å²) in [6, 6.07) is 21.1. The van der Waals surface area contributed by atoms with Gasteiger partial charge in [0.25, 0.3) is 0 Å². The van der Waals surface area contributed by atoms with Gasteiger partial charge in [-0.3, -0.25) is 0 Å². The average molecular weight is 341 g/mol. The second kappa shape index (κ2) is 18.7. The highest BCUT2D eigenvalue weighted by Crippen LogP contribution is 2.07. The van der Waals surface area contributed by atoms with Crippen LogP contribution in [0.25, 0.3) is 0 Å². The van der Waals surface area contributed by atoms with Gasteiger partial charge in [-0.25, -0.2) is 20.4 Å². The van der Waals surface area contributed by atoms with Crippen molar-refractivity contribution in [1.29, 1.82) is 10.8 Å². The van der Waals surface area contributed by atoms with Crippen LogP contribution in [0, 0.1) is 10.8 Å². The van der Waals surface area contributed by atoms with Crippen molar-refractivity contribution >= 4 is 17.9 Å². The maximum Gasteiger partial charge on any atom is 0.231 e. The first-order valence-electron chi connectivity index (χ1n) is 7.42. The van der Waals surface area contributed by atoms with E-state index in [1.807, 2.05) is 6.92 Å². The van der Waals surface area contributed by atoms with Crippen LogP contribution in [0.15, 0.2) is 65.8 Å². The van der Waals surface area contributed by atoms with Crippen LogP contribution in [0.4, 0.5) is 0 Å². The van der Waals surface area contributed by atoms with E-state index in [1.165, 1.54) is 11.1 Å². The molecular weight excluding hydrogens is 318 g/mol. The number of hydrogen-bond donors (Lipinski definition) is 3. The Morgan fingerprint density at radius 3 is 1.44 bits per heavy atom. The van der Waals surface area contributed by atoms with E-state index < -0.39 is 0 Å². The summed E-state index contributed by atoms with van der Waals surface area (Å²) in [4.78, 5) is 16.7. The number of nitrogens with zero attached hydrogens (tertiary/aromatic N) is 1. The number of oxime groups is 1. The van der Waals surface area contributed by atoms with Gasteiger partial charge in [-0.15, -0.1) is 0 Å². The Morgan fingerprint density at radius 1 is 0.920 bits per heavy atom. The fourth-order valence-electron chi connectivity index (χ4n) is 1.50. The molecular formula is C19H23N3O3. The molecule has 0 aliphatic heterocycles. The van der Waals surface area contributed by atoms with Crippen molar-refractivity contribution in [2.24, 2.45) is 5.16 Å². The summed E-state index contributed by atoms with van der Waals surface area (Å²) in [7, 11) is 0. The highest BCUT2D eigenvalue weighted by atomic mass is 16.4. The fraction of sp³-hybridized carbons (Fsp3) is 0.211. The van der Waals surface area contributed by atoms with Crippen molar-refractivity contribution in [2.75, 3.05) is 0 Å². The molecule has 0 atom stereocenters. The number of nitrogens with one attached hydrogen (secondary N) is 2. The molecule has 0 aromatic heterocycles. The SMILES string of the molecule is CCC(C)=NO.N=C=O.N=C=O.c1ccc(Cc2ccccc2)cc1. The van der Waals surface area contributed by atoms with Gasteiger partial charge in [0.1, 0.15) is 0 Å². The van der Waals surface area contributed by atoms with Crippen molar-refractivity contribution in [1.82, 2.24) is 0 Å². The summed E-state index contributed by atoms with van der Waals surface area (Å²) < 4.78 is 0. The molecule has 2 rings (SSSR count). The lowest BCUT2D eigenvalue weighted by Crippen LogP contribution is -1.85. The zero-order valence-corrected chi connectivity index (χ0v) is 14.4. The summed E-state index contributed by atoms with van der Waals surface area (Å²) in [5.41, 5.74) is 3.51. The Hall–Kier alpha value is -3.33. The molecule has 0 saturated heterocycles. The van der Waals surface area contributed by atoms with Gasteiger partial charge in [-0.2, -0.15) is 0 Å². The second-order valence-electron chi connectivity index (χ2n) is 4.54. The zero-order valence-electron chi connectivity index (χ0n) is 14.4. The van der Waals surface area contributed by atoms with Crippen molar-refractivity contribution in [3.05, 3.63) is 71.8 Å². The molecule has 0 unspecified atom stereocenters. The lowest BCUT2D eigenvalue weighted by molar-refractivity contribution is 0.317. The summed E-state index contributed by atoms with van der Waals surface area (Å²) >= 11 is 0. The molecule has 0 saturated carbocycles. The van der Waals surface area contributed by atoms with Crippen LogP contribution >= 0.6 is 0 Å². The Balaban J connectivity index is 0. The lowest BCUT2D eigenvalue weighted by atomic mass is 10.1. The van der Waals surface area contributed by atoms with Crippen molar-refractivity contribution in [3.63, 3.8) is 0 Å². The molecule has 2 aromatic rings. The smallest absolute Gasteiger partial charge is 0.231 e. The number of hydrogen-bond acceptors (Lipinski definition) is 6. The van der Waals surface area contributed by atoms with E-state index in [9.17, 15) is 0 Å². The highest BCUT2D eigenvalue weighted by molar-refractivity contribution is 5.80. The Labute approximate surface area is 147 Å². The molecule has 0 fully saturated rings. The van der Waals surface area contributed by atoms with Gasteiger partial charge in [0.05, 0.1) is 5.71 Å². The van der Waals surface area contributed by atoms with Crippen LogP contribution in [0.3, 0.4) is 0 Å². The summed E-state index contributed by atoms with van der Waals surface area (Å²) in [6.45, 7) is 3.72. The van der Waals surface area contributed by atoms with Crippen molar-refractivity contribution < 1.29 is 14.8 Å². The fourth-order valence-corrected chi connectivity index (χ4v) is 1.50. The summed E-state index contributed by atoms with van der Waals surface area (Å²) in [5.74, 6) is 0. The molecule has 0 aliphatic carbocycles. The first-order chi connectivity index (χ1) is 12.1. The van der Waals surface area contributed by atoms with Crippen LogP contribution < -0.4 is 0 Å². The predicted octanol–water partition coefficient (Wildman–Crippen LogP) is 4.33. The first-order valence-corrected chi connectivity index (χ1v) is 7.42. The third-order valence-corrected chi connectivity index (χ3v) is 2.78.